The van der Waals surface area contributed by atoms with Gasteiger partial charge in [0, 0.05) is 11.5 Å². The third kappa shape index (κ3) is 1.47. The lowest BCUT2D eigenvalue weighted by atomic mass is 9.77. The third-order valence-electron chi connectivity index (χ3n) is 2.77. The van der Waals surface area contributed by atoms with Crippen molar-refractivity contribution in [3.63, 3.8) is 0 Å². The smallest absolute Gasteiger partial charge is 0.0560 e. The van der Waals surface area contributed by atoms with Gasteiger partial charge in [0.2, 0.25) is 0 Å². The molecule has 2 N–H and O–H groups in total. The van der Waals surface area contributed by atoms with E-state index in [1.54, 1.807) is 0 Å². The summed E-state index contributed by atoms with van der Waals surface area (Å²) >= 11 is 0. The van der Waals surface area contributed by atoms with Crippen LogP contribution in [0.15, 0.2) is 30.3 Å². The Morgan fingerprint density at radius 3 is 2.38 bits per heavy atom. The van der Waals surface area contributed by atoms with Gasteiger partial charge in [-0.05, 0) is 5.56 Å². The Balaban J connectivity index is 2.17. The molecule has 0 aromatic heterocycles. The van der Waals surface area contributed by atoms with Crippen LogP contribution in [0.4, 0.5) is 0 Å². The highest BCUT2D eigenvalue weighted by Crippen LogP contribution is 2.38. The van der Waals surface area contributed by atoms with E-state index in [4.69, 9.17) is 10.5 Å². The fraction of sp³-hybridized carbons (Fsp3) is 0.455. The molecule has 0 radical (unpaired) electrons. The summed E-state index contributed by atoms with van der Waals surface area (Å²) in [6.45, 7) is 3.74. The molecular weight excluding hydrogens is 162 g/mol. The molecule has 1 aliphatic heterocycles. The molecule has 0 aliphatic carbocycles. The number of hydrogen-bond acceptors (Lipinski definition) is 2. The quantitative estimate of drug-likeness (QED) is 0.746. The summed E-state index contributed by atoms with van der Waals surface area (Å²) in [6.07, 6.45) is 0. The largest absolute Gasteiger partial charge is 0.380 e. The molecule has 0 bridgehead atoms. The van der Waals surface area contributed by atoms with Crippen LogP contribution in [0.2, 0.25) is 0 Å². The van der Waals surface area contributed by atoms with Gasteiger partial charge in [-0.2, -0.15) is 0 Å². The molecule has 2 nitrogen and oxygen atoms in total. The molecule has 13 heavy (non-hydrogen) atoms. The van der Waals surface area contributed by atoms with E-state index in [2.05, 4.69) is 19.1 Å². The van der Waals surface area contributed by atoms with Gasteiger partial charge >= 0.3 is 0 Å². The molecule has 0 spiro atoms. The fourth-order valence-corrected chi connectivity index (χ4v) is 1.67. The molecule has 0 saturated carbocycles. The van der Waals surface area contributed by atoms with Crippen LogP contribution < -0.4 is 5.73 Å². The van der Waals surface area contributed by atoms with Crippen LogP contribution >= 0.6 is 0 Å². The van der Waals surface area contributed by atoms with Gasteiger partial charge in [-0.15, -0.1) is 0 Å². The van der Waals surface area contributed by atoms with Crippen LogP contribution in [0.5, 0.6) is 0 Å². The zero-order valence-electron chi connectivity index (χ0n) is 7.86. The van der Waals surface area contributed by atoms with Crippen LogP contribution in [-0.2, 0) is 4.74 Å². The Morgan fingerprint density at radius 1 is 1.31 bits per heavy atom. The summed E-state index contributed by atoms with van der Waals surface area (Å²) in [5.74, 6) is 0. The summed E-state index contributed by atoms with van der Waals surface area (Å²) < 4.78 is 5.20. The Labute approximate surface area is 78.7 Å². The second kappa shape index (κ2) is 3.13. The van der Waals surface area contributed by atoms with Crippen molar-refractivity contribution in [1.29, 1.82) is 0 Å². The highest BCUT2D eigenvalue weighted by molar-refractivity contribution is 5.21. The Hall–Kier alpha value is -0.860. The van der Waals surface area contributed by atoms with E-state index in [1.165, 1.54) is 5.56 Å². The molecule has 2 rings (SSSR count). The van der Waals surface area contributed by atoms with Crippen molar-refractivity contribution in [2.24, 2.45) is 11.1 Å². The van der Waals surface area contributed by atoms with Gasteiger partial charge in [0.15, 0.2) is 0 Å². The molecule has 1 aromatic rings. The standard InChI is InChI=1S/C11H15NO/c1-11(7-13-8-11)10(12)9-5-3-2-4-6-9/h2-6,10H,7-8,12H2,1H3. The zero-order chi connectivity index (χ0) is 9.31. The molecule has 1 unspecified atom stereocenters. The second-order valence-corrected chi connectivity index (χ2v) is 4.04. The first-order valence-corrected chi connectivity index (χ1v) is 4.61. The highest BCUT2D eigenvalue weighted by Gasteiger charge is 2.39. The van der Waals surface area contributed by atoms with E-state index in [9.17, 15) is 0 Å². The SMILES string of the molecule is CC1(C(N)c2ccccc2)COC1. The first-order chi connectivity index (χ1) is 6.22. The third-order valence-corrected chi connectivity index (χ3v) is 2.77. The van der Waals surface area contributed by atoms with Crippen molar-refractivity contribution in [2.75, 3.05) is 13.2 Å². The van der Waals surface area contributed by atoms with Crippen LogP contribution in [0.1, 0.15) is 18.5 Å². The molecule has 1 aliphatic rings. The first-order valence-electron chi connectivity index (χ1n) is 4.61. The lowest BCUT2D eigenvalue weighted by molar-refractivity contribution is -0.115. The fourth-order valence-electron chi connectivity index (χ4n) is 1.67. The Morgan fingerprint density at radius 2 is 1.92 bits per heavy atom. The van der Waals surface area contributed by atoms with Gasteiger partial charge in [0.1, 0.15) is 0 Å². The summed E-state index contributed by atoms with van der Waals surface area (Å²) in [4.78, 5) is 0. The maximum absolute atomic E-state index is 6.15. The van der Waals surface area contributed by atoms with E-state index < -0.39 is 0 Å². The van der Waals surface area contributed by atoms with Crippen LogP contribution in [0.3, 0.4) is 0 Å². The number of benzene rings is 1. The zero-order valence-corrected chi connectivity index (χ0v) is 7.86. The normalized spacial score (nSPS) is 22.0. The van der Waals surface area contributed by atoms with E-state index >= 15 is 0 Å². The summed E-state index contributed by atoms with van der Waals surface area (Å²) in [5, 5.41) is 0. The van der Waals surface area contributed by atoms with Crippen molar-refractivity contribution in [3.05, 3.63) is 35.9 Å². The molecule has 1 fully saturated rings. The summed E-state index contributed by atoms with van der Waals surface area (Å²) in [7, 11) is 0. The maximum atomic E-state index is 6.15. The predicted octanol–water partition coefficient (Wildman–Crippen LogP) is 1.72. The lowest BCUT2D eigenvalue weighted by Crippen LogP contribution is -2.47. The summed E-state index contributed by atoms with van der Waals surface area (Å²) in [5.41, 5.74) is 7.50. The molecule has 0 amide bonds. The molecule has 1 atom stereocenters. The molecule has 1 aromatic carbocycles. The van der Waals surface area contributed by atoms with E-state index in [-0.39, 0.29) is 11.5 Å². The first kappa shape index (κ1) is 8.73. The van der Waals surface area contributed by atoms with Crippen LogP contribution in [-0.4, -0.2) is 13.2 Å². The van der Waals surface area contributed by atoms with Crippen LogP contribution in [0, 0.1) is 5.41 Å². The van der Waals surface area contributed by atoms with E-state index in [0.29, 0.717) is 0 Å². The minimum atomic E-state index is 0.0995. The minimum absolute atomic E-state index is 0.0995. The average Bonchev–Trinajstić information content (AvgIpc) is 2.14. The van der Waals surface area contributed by atoms with Gasteiger partial charge in [-0.3, -0.25) is 0 Å². The number of rotatable bonds is 2. The van der Waals surface area contributed by atoms with Gasteiger partial charge in [0.05, 0.1) is 13.2 Å². The Kier molecular flexibility index (Phi) is 2.10. The van der Waals surface area contributed by atoms with Gasteiger partial charge < -0.3 is 10.5 Å². The molecule has 2 heteroatoms. The van der Waals surface area contributed by atoms with Crippen molar-refractivity contribution in [3.8, 4) is 0 Å². The van der Waals surface area contributed by atoms with Crippen LogP contribution in [0.25, 0.3) is 0 Å². The number of nitrogens with two attached hydrogens (primary N) is 1. The van der Waals surface area contributed by atoms with E-state index in [1.807, 2.05) is 18.2 Å². The minimum Gasteiger partial charge on any atom is -0.380 e. The van der Waals surface area contributed by atoms with Crippen molar-refractivity contribution in [2.45, 2.75) is 13.0 Å². The molecular formula is C11H15NO. The monoisotopic (exact) mass is 177 g/mol. The van der Waals surface area contributed by atoms with Gasteiger partial charge in [0.25, 0.3) is 0 Å². The van der Waals surface area contributed by atoms with Gasteiger partial charge in [-0.1, -0.05) is 37.3 Å². The topological polar surface area (TPSA) is 35.2 Å². The van der Waals surface area contributed by atoms with E-state index in [0.717, 1.165) is 13.2 Å². The van der Waals surface area contributed by atoms with Crippen molar-refractivity contribution < 1.29 is 4.74 Å². The second-order valence-electron chi connectivity index (χ2n) is 4.04. The number of hydrogen-bond donors (Lipinski definition) is 1. The number of ether oxygens (including phenoxy) is 1. The molecule has 1 heterocycles. The highest BCUT2D eigenvalue weighted by atomic mass is 16.5. The predicted molar refractivity (Wildman–Crippen MR) is 52.3 cm³/mol. The molecule has 1 saturated heterocycles. The molecule has 70 valence electrons. The Bertz CT molecular complexity index is 279. The summed E-state index contributed by atoms with van der Waals surface area (Å²) in [6, 6.07) is 10.3. The lowest BCUT2D eigenvalue weighted by Gasteiger charge is -2.42. The van der Waals surface area contributed by atoms with Crippen molar-refractivity contribution in [1.82, 2.24) is 0 Å². The van der Waals surface area contributed by atoms with Crippen molar-refractivity contribution >= 4 is 0 Å². The maximum Gasteiger partial charge on any atom is 0.0560 e. The average molecular weight is 177 g/mol. The van der Waals surface area contributed by atoms with Gasteiger partial charge in [-0.25, -0.2) is 0 Å².